The molecule has 0 bridgehead atoms. The zero-order chi connectivity index (χ0) is 23.2. The van der Waals surface area contributed by atoms with Gasteiger partial charge in [-0.25, -0.2) is 0 Å². The number of ether oxygens (including phenoxy) is 1. The average molecular weight is 465 g/mol. The smallest absolute Gasteiger partial charge is 0.271 e. The van der Waals surface area contributed by atoms with Crippen molar-refractivity contribution in [1.29, 1.82) is 0 Å². The number of hydrogen-bond acceptors (Lipinski definition) is 6. The summed E-state index contributed by atoms with van der Waals surface area (Å²) in [4.78, 5) is 28.4. The number of anilines is 1. The van der Waals surface area contributed by atoms with Gasteiger partial charge in [-0.05, 0) is 67.1 Å². The van der Waals surface area contributed by atoms with Crippen LogP contribution in [0.2, 0.25) is 0 Å². The largest absolute Gasteiger partial charge is 0.497 e. The zero-order valence-corrected chi connectivity index (χ0v) is 19.7. The summed E-state index contributed by atoms with van der Waals surface area (Å²) in [6, 6.07) is 18.8. The van der Waals surface area contributed by atoms with E-state index < -0.39 is 0 Å². The topological polar surface area (TPSA) is 76.5 Å². The highest BCUT2D eigenvalue weighted by Crippen LogP contribution is 2.22. The highest BCUT2D eigenvalue weighted by molar-refractivity contribution is 7.98. The van der Waals surface area contributed by atoms with E-state index in [1.165, 1.54) is 15.6 Å². The van der Waals surface area contributed by atoms with Crippen LogP contribution in [0.15, 0.2) is 70.4 Å². The Hall–Kier alpha value is -3.26. The van der Waals surface area contributed by atoms with Crippen LogP contribution in [-0.2, 0) is 11.3 Å². The Morgan fingerprint density at radius 1 is 1.06 bits per heavy atom. The lowest BCUT2D eigenvalue weighted by Crippen LogP contribution is -2.41. The van der Waals surface area contributed by atoms with E-state index in [0.717, 1.165) is 30.0 Å². The maximum atomic E-state index is 12.7. The second kappa shape index (κ2) is 10.6. The van der Waals surface area contributed by atoms with E-state index >= 15 is 0 Å². The summed E-state index contributed by atoms with van der Waals surface area (Å²) in [5.74, 6) is 1.54. The Morgan fingerprint density at radius 3 is 2.39 bits per heavy atom. The number of nitrogens with zero attached hydrogens (tertiary/aromatic N) is 3. The van der Waals surface area contributed by atoms with Gasteiger partial charge in [-0.1, -0.05) is 12.1 Å². The van der Waals surface area contributed by atoms with Crippen molar-refractivity contribution in [3.8, 4) is 11.4 Å². The van der Waals surface area contributed by atoms with E-state index in [1.54, 1.807) is 37.1 Å². The minimum absolute atomic E-state index is 0.0146. The number of carbonyl (C=O) groups is 1. The van der Waals surface area contributed by atoms with Gasteiger partial charge >= 0.3 is 0 Å². The lowest BCUT2D eigenvalue weighted by atomic mass is 9.96. The van der Waals surface area contributed by atoms with Crippen LogP contribution in [0, 0.1) is 5.92 Å². The molecule has 1 aliphatic rings. The van der Waals surface area contributed by atoms with Gasteiger partial charge < -0.3 is 15.0 Å². The Bertz CT molecular complexity index is 1140. The van der Waals surface area contributed by atoms with Crippen molar-refractivity contribution in [2.45, 2.75) is 24.3 Å². The van der Waals surface area contributed by atoms with Crippen LogP contribution in [-0.4, -0.2) is 42.1 Å². The molecule has 2 aromatic carbocycles. The normalized spacial score (nSPS) is 14.2. The minimum Gasteiger partial charge on any atom is -0.497 e. The number of rotatable bonds is 7. The number of nitrogens with one attached hydrogen (secondary N) is 1. The van der Waals surface area contributed by atoms with Crippen LogP contribution in [0.25, 0.3) is 5.69 Å². The quantitative estimate of drug-likeness (QED) is 0.540. The van der Waals surface area contributed by atoms with Crippen LogP contribution in [0.1, 0.15) is 18.4 Å². The first-order chi connectivity index (χ1) is 16.1. The molecule has 0 spiro atoms. The molecule has 1 aliphatic heterocycles. The standard InChI is InChI=1S/C25H28N4O3S/c1-32-21-7-5-20(6-8-21)29-24(30)12-11-23(27-29)28-15-13-19(14-16-28)25(31)26-17-18-3-9-22(33-2)10-4-18/h3-12,19H,13-17H2,1-2H3,(H,26,31). The number of thioether (sulfide) groups is 1. The molecule has 0 unspecified atom stereocenters. The first-order valence-corrected chi connectivity index (χ1v) is 12.2. The molecule has 7 nitrogen and oxygen atoms in total. The van der Waals surface area contributed by atoms with Gasteiger partial charge in [0.2, 0.25) is 5.91 Å². The third kappa shape index (κ3) is 5.57. The van der Waals surface area contributed by atoms with E-state index in [9.17, 15) is 9.59 Å². The van der Waals surface area contributed by atoms with Crippen molar-refractivity contribution < 1.29 is 9.53 Å². The molecule has 8 heteroatoms. The van der Waals surface area contributed by atoms with Crippen molar-refractivity contribution in [1.82, 2.24) is 15.1 Å². The predicted octanol–water partition coefficient (Wildman–Crippen LogP) is 3.50. The van der Waals surface area contributed by atoms with Crippen molar-refractivity contribution >= 4 is 23.5 Å². The summed E-state index contributed by atoms with van der Waals surface area (Å²) < 4.78 is 6.58. The summed E-state index contributed by atoms with van der Waals surface area (Å²) in [5.41, 5.74) is 1.59. The number of amides is 1. The lowest BCUT2D eigenvalue weighted by Gasteiger charge is -2.32. The first kappa shape index (κ1) is 22.9. The monoisotopic (exact) mass is 464 g/mol. The minimum atomic E-state index is -0.191. The summed E-state index contributed by atoms with van der Waals surface area (Å²) in [7, 11) is 1.60. The van der Waals surface area contributed by atoms with E-state index in [4.69, 9.17) is 4.74 Å². The first-order valence-electron chi connectivity index (χ1n) is 11.0. The van der Waals surface area contributed by atoms with Gasteiger partial charge in [-0.3, -0.25) is 9.59 Å². The van der Waals surface area contributed by atoms with E-state index in [2.05, 4.69) is 39.6 Å². The fourth-order valence-electron chi connectivity index (χ4n) is 3.93. The molecule has 1 N–H and O–H groups in total. The Morgan fingerprint density at radius 2 is 1.76 bits per heavy atom. The van der Waals surface area contributed by atoms with Gasteiger partial charge in [0, 0.05) is 36.5 Å². The number of piperidine rings is 1. The van der Waals surface area contributed by atoms with E-state index in [-0.39, 0.29) is 17.4 Å². The number of hydrogen-bond donors (Lipinski definition) is 1. The maximum absolute atomic E-state index is 12.7. The van der Waals surface area contributed by atoms with Crippen LogP contribution >= 0.6 is 11.8 Å². The average Bonchev–Trinajstić information content (AvgIpc) is 2.88. The second-order valence-electron chi connectivity index (χ2n) is 7.97. The number of carbonyl (C=O) groups excluding carboxylic acids is 1. The van der Waals surface area contributed by atoms with Gasteiger partial charge in [0.15, 0.2) is 0 Å². The fourth-order valence-corrected chi connectivity index (χ4v) is 4.33. The predicted molar refractivity (Wildman–Crippen MR) is 131 cm³/mol. The molecule has 172 valence electrons. The van der Waals surface area contributed by atoms with Crippen molar-refractivity contribution in [2.24, 2.45) is 5.92 Å². The van der Waals surface area contributed by atoms with Crippen LogP contribution in [0.5, 0.6) is 5.75 Å². The molecule has 1 saturated heterocycles. The molecule has 0 saturated carbocycles. The molecule has 33 heavy (non-hydrogen) atoms. The molecule has 0 radical (unpaired) electrons. The Labute approximate surface area is 197 Å². The molecular weight excluding hydrogens is 436 g/mol. The summed E-state index contributed by atoms with van der Waals surface area (Å²) in [5, 5.41) is 7.64. The number of methoxy groups -OCH3 is 1. The Kier molecular flexibility index (Phi) is 7.34. The third-order valence-corrected chi connectivity index (χ3v) is 6.66. The number of aromatic nitrogens is 2. The molecule has 1 amide bonds. The summed E-state index contributed by atoms with van der Waals surface area (Å²) in [6.07, 6.45) is 3.55. The molecule has 1 aromatic heterocycles. The lowest BCUT2D eigenvalue weighted by molar-refractivity contribution is -0.125. The van der Waals surface area contributed by atoms with Crippen molar-refractivity contribution in [3.05, 3.63) is 76.6 Å². The van der Waals surface area contributed by atoms with E-state index in [1.807, 2.05) is 18.4 Å². The van der Waals surface area contributed by atoms with Crippen LogP contribution in [0.3, 0.4) is 0 Å². The molecule has 1 fully saturated rings. The van der Waals surface area contributed by atoms with E-state index in [0.29, 0.717) is 25.3 Å². The third-order valence-electron chi connectivity index (χ3n) is 5.92. The van der Waals surface area contributed by atoms with Crippen LogP contribution in [0.4, 0.5) is 5.82 Å². The molecule has 2 heterocycles. The highest BCUT2D eigenvalue weighted by Gasteiger charge is 2.25. The molecule has 4 rings (SSSR count). The van der Waals surface area contributed by atoms with Gasteiger partial charge in [0.05, 0.1) is 12.8 Å². The van der Waals surface area contributed by atoms with Gasteiger partial charge in [0.1, 0.15) is 11.6 Å². The molecule has 0 aliphatic carbocycles. The number of benzene rings is 2. The Balaban J connectivity index is 1.35. The second-order valence-corrected chi connectivity index (χ2v) is 8.85. The highest BCUT2D eigenvalue weighted by atomic mass is 32.2. The maximum Gasteiger partial charge on any atom is 0.271 e. The molecule has 3 aromatic rings. The van der Waals surface area contributed by atoms with Crippen LogP contribution < -0.4 is 20.5 Å². The molecular formula is C25H28N4O3S. The van der Waals surface area contributed by atoms with Crippen molar-refractivity contribution in [3.63, 3.8) is 0 Å². The van der Waals surface area contributed by atoms with Crippen molar-refractivity contribution in [2.75, 3.05) is 31.4 Å². The summed E-state index contributed by atoms with van der Waals surface area (Å²) >= 11 is 1.70. The molecule has 0 atom stereocenters. The van der Waals surface area contributed by atoms with Gasteiger partial charge in [0.25, 0.3) is 5.56 Å². The SMILES string of the molecule is COc1ccc(-n2nc(N3CCC(C(=O)NCc4ccc(SC)cc4)CC3)ccc2=O)cc1. The van der Waals surface area contributed by atoms with Gasteiger partial charge in [-0.2, -0.15) is 4.68 Å². The summed E-state index contributed by atoms with van der Waals surface area (Å²) in [6.45, 7) is 1.98. The zero-order valence-electron chi connectivity index (χ0n) is 18.9. The fraction of sp³-hybridized carbons (Fsp3) is 0.320. The van der Waals surface area contributed by atoms with Gasteiger partial charge in [-0.15, -0.1) is 16.9 Å².